The fraction of sp³-hybridized carbons (Fsp3) is 0.200. The lowest BCUT2D eigenvalue weighted by Gasteiger charge is -2.12. The van der Waals surface area contributed by atoms with Gasteiger partial charge in [0.2, 0.25) is 0 Å². The van der Waals surface area contributed by atoms with Gasteiger partial charge in [0.05, 0.1) is 23.2 Å². The third-order valence-electron chi connectivity index (χ3n) is 4.35. The lowest BCUT2D eigenvalue weighted by atomic mass is 10.1. The minimum absolute atomic E-state index is 0.171. The van der Waals surface area contributed by atoms with Crippen molar-refractivity contribution in [1.29, 1.82) is 0 Å². The van der Waals surface area contributed by atoms with E-state index in [9.17, 15) is 9.59 Å². The molecule has 0 unspecified atom stereocenters. The second kappa shape index (κ2) is 7.05. The number of hydrogen-bond acceptors (Lipinski definition) is 6. The maximum absolute atomic E-state index is 13.0. The molecule has 1 amide bonds. The molecule has 0 atom stereocenters. The van der Waals surface area contributed by atoms with Crippen LogP contribution in [0.1, 0.15) is 30.4 Å². The normalized spacial score (nSPS) is 11.3. The van der Waals surface area contributed by atoms with Crippen LogP contribution in [0.4, 0.5) is 5.13 Å². The Labute approximate surface area is 164 Å². The molecule has 0 aliphatic carbocycles. The number of thiazole rings is 1. The summed E-state index contributed by atoms with van der Waals surface area (Å²) in [4.78, 5) is 30.1. The highest BCUT2D eigenvalue weighted by Gasteiger charge is 2.19. The molecule has 2 aromatic carbocycles. The summed E-state index contributed by atoms with van der Waals surface area (Å²) in [5, 5.41) is 8.56. The number of aromatic nitrogens is 3. The summed E-state index contributed by atoms with van der Waals surface area (Å²) >= 11 is 1.35. The average molecular weight is 394 g/mol. The van der Waals surface area contributed by atoms with E-state index in [0.29, 0.717) is 27.2 Å². The highest BCUT2D eigenvalue weighted by atomic mass is 32.1. The summed E-state index contributed by atoms with van der Waals surface area (Å²) in [5.41, 5.74) is 0.664. The van der Waals surface area contributed by atoms with Crippen molar-refractivity contribution in [2.24, 2.45) is 0 Å². The molecular formula is C20H18N4O3S. The molecule has 2 heterocycles. The van der Waals surface area contributed by atoms with Gasteiger partial charge in [-0.2, -0.15) is 5.10 Å². The number of anilines is 1. The highest BCUT2D eigenvalue weighted by Crippen LogP contribution is 2.32. The van der Waals surface area contributed by atoms with Crippen LogP contribution in [0.25, 0.3) is 21.0 Å². The van der Waals surface area contributed by atoms with Gasteiger partial charge in [0.15, 0.2) is 10.8 Å². The number of fused-ring (bicyclic) bond motifs is 2. The van der Waals surface area contributed by atoms with Crippen LogP contribution in [-0.4, -0.2) is 27.8 Å². The summed E-state index contributed by atoms with van der Waals surface area (Å²) in [6, 6.07) is 12.4. The van der Waals surface area contributed by atoms with Crippen molar-refractivity contribution >= 4 is 43.4 Å². The van der Waals surface area contributed by atoms with Gasteiger partial charge in [-0.25, -0.2) is 9.67 Å². The molecule has 142 valence electrons. The fourth-order valence-electron chi connectivity index (χ4n) is 3.02. The van der Waals surface area contributed by atoms with Crippen molar-refractivity contribution in [3.63, 3.8) is 0 Å². The topological polar surface area (TPSA) is 86.1 Å². The van der Waals surface area contributed by atoms with Gasteiger partial charge < -0.3 is 4.74 Å². The van der Waals surface area contributed by atoms with Crippen LogP contribution in [-0.2, 0) is 0 Å². The molecule has 0 saturated carbocycles. The van der Waals surface area contributed by atoms with Crippen molar-refractivity contribution in [3.8, 4) is 5.75 Å². The Hall–Kier alpha value is -3.26. The van der Waals surface area contributed by atoms with Crippen molar-refractivity contribution in [1.82, 2.24) is 14.8 Å². The van der Waals surface area contributed by atoms with E-state index in [2.05, 4.69) is 15.4 Å². The Bertz CT molecular complexity index is 1260. The smallest absolute Gasteiger partial charge is 0.278 e. The summed E-state index contributed by atoms with van der Waals surface area (Å²) in [7, 11) is 1.58. The number of hydrogen-bond donors (Lipinski definition) is 1. The molecule has 2 aromatic heterocycles. The van der Waals surface area contributed by atoms with Gasteiger partial charge in [-0.15, -0.1) is 0 Å². The van der Waals surface area contributed by atoms with Gasteiger partial charge in [-0.1, -0.05) is 35.6 Å². The maximum atomic E-state index is 13.0. The fourth-order valence-corrected chi connectivity index (χ4v) is 3.90. The molecule has 0 radical (unpaired) electrons. The van der Waals surface area contributed by atoms with E-state index in [1.165, 1.54) is 16.0 Å². The van der Waals surface area contributed by atoms with E-state index in [-0.39, 0.29) is 17.3 Å². The summed E-state index contributed by atoms with van der Waals surface area (Å²) in [5.74, 6) is 0.231. The van der Waals surface area contributed by atoms with E-state index in [4.69, 9.17) is 4.74 Å². The first-order chi connectivity index (χ1) is 13.5. The third-order valence-corrected chi connectivity index (χ3v) is 5.29. The van der Waals surface area contributed by atoms with Crippen LogP contribution >= 0.6 is 11.3 Å². The highest BCUT2D eigenvalue weighted by molar-refractivity contribution is 7.22. The first-order valence-electron chi connectivity index (χ1n) is 8.76. The molecule has 28 heavy (non-hydrogen) atoms. The molecule has 0 aliphatic heterocycles. The van der Waals surface area contributed by atoms with Gasteiger partial charge in [0, 0.05) is 5.39 Å². The minimum atomic E-state index is -0.413. The Morgan fingerprint density at radius 3 is 2.61 bits per heavy atom. The van der Waals surface area contributed by atoms with Crippen LogP contribution in [0, 0.1) is 0 Å². The molecule has 4 rings (SSSR count). The zero-order valence-corrected chi connectivity index (χ0v) is 16.4. The maximum Gasteiger partial charge on any atom is 0.278 e. The van der Waals surface area contributed by atoms with Gasteiger partial charge in [-0.3, -0.25) is 14.9 Å². The zero-order chi connectivity index (χ0) is 19.8. The average Bonchev–Trinajstić information content (AvgIpc) is 3.10. The number of nitrogens with one attached hydrogen (secondary N) is 1. The standard InChI is InChI=1S/C20H18N4O3S/c1-11(2)24-19(26)13-8-5-4-7-12(13)16(23-24)18(25)22-20-21-17-14(27-3)9-6-10-15(17)28-20/h4-11H,1-3H3,(H,21,22,25). The molecule has 0 saturated heterocycles. The van der Waals surface area contributed by atoms with Gasteiger partial charge in [0.25, 0.3) is 11.5 Å². The second-order valence-electron chi connectivity index (χ2n) is 6.52. The number of methoxy groups -OCH3 is 1. The number of nitrogens with zero attached hydrogens (tertiary/aromatic N) is 3. The van der Waals surface area contributed by atoms with E-state index >= 15 is 0 Å². The van der Waals surface area contributed by atoms with Crippen LogP contribution in [0.2, 0.25) is 0 Å². The molecule has 4 aromatic rings. The van der Waals surface area contributed by atoms with Gasteiger partial charge in [0.1, 0.15) is 11.3 Å². The SMILES string of the molecule is COc1cccc2sc(NC(=O)c3nn(C(C)C)c(=O)c4ccccc34)nc12. The summed E-state index contributed by atoms with van der Waals surface area (Å²) < 4.78 is 7.56. The monoisotopic (exact) mass is 394 g/mol. The first kappa shape index (κ1) is 18.1. The second-order valence-corrected chi connectivity index (χ2v) is 7.55. The lowest BCUT2D eigenvalue weighted by molar-refractivity contribution is 0.102. The van der Waals surface area contributed by atoms with Crippen LogP contribution < -0.4 is 15.6 Å². The van der Waals surface area contributed by atoms with E-state index in [1.807, 2.05) is 32.0 Å². The molecular weight excluding hydrogens is 376 g/mol. The molecule has 0 fully saturated rings. The number of carbonyl (C=O) groups is 1. The van der Waals surface area contributed by atoms with Crippen LogP contribution in [0.5, 0.6) is 5.75 Å². The number of amides is 1. The molecule has 0 aliphatic rings. The number of para-hydroxylation sites is 1. The molecule has 8 heteroatoms. The van der Waals surface area contributed by atoms with Gasteiger partial charge in [-0.05, 0) is 32.0 Å². The van der Waals surface area contributed by atoms with Crippen molar-refractivity contribution < 1.29 is 9.53 Å². The molecule has 1 N–H and O–H groups in total. The molecule has 0 bridgehead atoms. The minimum Gasteiger partial charge on any atom is -0.494 e. The number of benzene rings is 2. The van der Waals surface area contributed by atoms with Crippen LogP contribution in [0.15, 0.2) is 47.3 Å². The van der Waals surface area contributed by atoms with Crippen molar-refractivity contribution in [3.05, 3.63) is 58.5 Å². The zero-order valence-electron chi connectivity index (χ0n) is 15.6. The summed E-state index contributed by atoms with van der Waals surface area (Å²) in [6.07, 6.45) is 0. The quantitative estimate of drug-likeness (QED) is 0.568. The predicted octanol–water partition coefficient (Wildman–Crippen LogP) is 3.85. The van der Waals surface area contributed by atoms with E-state index in [0.717, 1.165) is 4.70 Å². The number of ether oxygens (including phenoxy) is 1. The Morgan fingerprint density at radius 1 is 1.14 bits per heavy atom. The third kappa shape index (κ3) is 3.01. The van der Waals surface area contributed by atoms with Crippen molar-refractivity contribution in [2.75, 3.05) is 12.4 Å². The lowest BCUT2D eigenvalue weighted by Crippen LogP contribution is -2.28. The Kier molecular flexibility index (Phi) is 4.56. The van der Waals surface area contributed by atoms with Gasteiger partial charge >= 0.3 is 0 Å². The molecule has 0 spiro atoms. The largest absolute Gasteiger partial charge is 0.494 e. The Balaban J connectivity index is 1.79. The first-order valence-corrected chi connectivity index (χ1v) is 9.57. The Morgan fingerprint density at radius 2 is 1.89 bits per heavy atom. The van der Waals surface area contributed by atoms with Crippen molar-refractivity contribution in [2.45, 2.75) is 19.9 Å². The van der Waals surface area contributed by atoms with E-state index in [1.54, 1.807) is 31.4 Å². The predicted molar refractivity (Wildman–Crippen MR) is 111 cm³/mol. The van der Waals surface area contributed by atoms with E-state index < -0.39 is 5.91 Å². The summed E-state index contributed by atoms with van der Waals surface area (Å²) in [6.45, 7) is 3.70. The van der Waals surface area contributed by atoms with Crippen LogP contribution in [0.3, 0.4) is 0 Å². The number of carbonyl (C=O) groups excluding carboxylic acids is 1. The number of rotatable bonds is 4. The molecule has 7 nitrogen and oxygen atoms in total.